The summed E-state index contributed by atoms with van der Waals surface area (Å²) in [5, 5.41) is 9.58. The molecule has 4 N–H and O–H groups in total. The second-order valence-electron chi connectivity index (χ2n) is 5.95. The van der Waals surface area contributed by atoms with Crippen molar-refractivity contribution in [2.75, 3.05) is 27.3 Å². The third-order valence-corrected chi connectivity index (χ3v) is 4.43. The van der Waals surface area contributed by atoms with Crippen molar-refractivity contribution in [3.63, 3.8) is 0 Å². The lowest BCUT2D eigenvalue weighted by Crippen LogP contribution is -2.24. The van der Waals surface area contributed by atoms with E-state index in [1.165, 1.54) is 14.2 Å². The highest BCUT2D eigenvalue weighted by Crippen LogP contribution is 2.43. The number of nitrogens with zero attached hydrogens (tertiary/aromatic N) is 2. The average molecular weight is 382 g/mol. The number of methoxy groups -OCH3 is 2. The first-order chi connectivity index (χ1) is 13.5. The topological polar surface area (TPSA) is 151 Å². The van der Waals surface area contributed by atoms with E-state index in [1.807, 2.05) is 6.07 Å². The van der Waals surface area contributed by atoms with Crippen molar-refractivity contribution in [1.82, 2.24) is 4.98 Å². The number of carbonyl (C=O) groups is 2. The van der Waals surface area contributed by atoms with Crippen molar-refractivity contribution in [3.8, 4) is 29.2 Å². The minimum atomic E-state index is -0.577. The van der Waals surface area contributed by atoms with E-state index in [9.17, 15) is 14.9 Å². The van der Waals surface area contributed by atoms with Crippen molar-refractivity contribution in [2.24, 2.45) is 11.5 Å². The first-order valence-corrected chi connectivity index (χ1v) is 8.35. The molecule has 0 fully saturated rings. The van der Waals surface area contributed by atoms with E-state index in [2.05, 4.69) is 4.98 Å². The first kappa shape index (κ1) is 19.3. The van der Waals surface area contributed by atoms with Crippen LogP contribution in [-0.4, -0.2) is 43.9 Å². The van der Waals surface area contributed by atoms with Crippen molar-refractivity contribution in [1.29, 1.82) is 5.26 Å². The molecular weight excluding hydrogens is 364 g/mol. The Balaban J connectivity index is 2.26. The van der Waals surface area contributed by atoms with Crippen molar-refractivity contribution >= 4 is 11.6 Å². The summed E-state index contributed by atoms with van der Waals surface area (Å²) in [6.45, 7) is -0.696. The fourth-order valence-corrected chi connectivity index (χ4v) is 3.10. The zero-order valence-corrected chi connectivity index (χ0v) is 15.4. The quantitative estimate of drug-likeness (QED) is 0.594. The highest BCUT2D eigenvalue weighted by Gasteiger charge is 2.31. The maximum Gasteiger partial charge on any atom is 0.224 e. The van der Waals surface area contributed by atoms with Gasteiger partial charge in [-0.1, -0.05) is 0 Å². The molecule has 1 aromatic carbocycles. The number of hydrogen-bond donors (Lipinski definition) is 2. The lowest BCUT2D eigenvalue weighted by atomic mass is 9.90. The lowest BCUT2D eigenvalue weighted by Gasteiger charge is -2.24. The standard InChI is InChI=1S/C19H18N4O5/c1-26-15-4-9-3-10-17(12(24)7-21)11(6-20)18(13(25)8-22)23-19(10)28-14(9)5-16(15)27-2/h4-5H,3,7-8,21-22H2,1-2H3. The maximum atomic E-state index is 12.5. The number of aromatic nitrogens is 1. The minimum Gasteiger partial charge on any atom is -0.493 e. The van der Waals surface area contributed by atoms with E-state index in [-0.39, 0.29) is 42.2 Å². The van der Waals surface area contributed by atoms with Crippen LogP contribution in [0.15, 0.2) is 12.1 Å². The van der Waals surface area contributed by atoms with Gasteiger partial charge in [0.25, 0.3) is 0 Å². The smallest absolute Gasteiger partial charge is 0.224 e. The number of rotatable bonds is 6. The van der Waals surface area contributed by atoms with Crippen LogP contribution in [0.25, 0.3) is 0 Å². The Morgan fingerprint density at radius 1 is 1.18 bits per heavy atom. The van der Waals surface area contributed by atoms with Gasteiger partial charge < -0.3 is 25.7 Å². The molecule has 0 saturated heterocycles. The van der Waals surface area contributed by atoms with Gasteiger partial charge in [-0.05, 0) is 6.07 Å². The molecule has 0 spiro atoms. The number of Topliss-reactive ketones (excluding diaryl/α,β-unsaturated/α-hetero) is 2. The summed E-state index contributed by atoms with van der Waals surface area (Å²) in [4.78, 5) is 28.9. The molecule has 0 aliphatic carbocycles. The van der Waals surface area contributed by atoms with Crippen molar-refractivity contribution < 1.29 is 23.8 Å². The Morgan fingerprint density at radius 2 is 1.82 bits per heavy atom. The van der Waals surface area contributed by atoms with Crippen LogP contribution >= 0.6 is 0 Å². The van der Waals surface area contributed by atoms with Crippen LogP contribution in [0.3, 0.4) is 0 Å². The number of nitriles is 1. The molecule has 0 amide bonds. The third-order valence-electron chi connectivity index (χ3n) is 4.43. The van der Waals surface area contributed by atoms with Gasteiger partial charge in [-0.25, -0.2) is 4.98 Å². The van der Waals surface area contributed by atoms with Crippen LogP contribution in [0.5, 0.6) is 23.1 Å². The Hall–Kier alpha value is -3.48. The summed E-state index contributed by atoms with van der Waals surface area (Å²) >= 11 is 0. The number of benzene rings is 1. The number of carbonyl (C=O) groups excluding carboxylic acids is 2. The van der Waals surface area contributed by atoms with E-state index in [4.69, 9.17) is 25.7 Å². The van der Waals surface area contributed by atoms with E-state index in [0.29, 0.717) is 28.4 Å². The molecule has 0 bridgehead atoms. The molecule has 1 aliphatic rings. The molecule has 0 unspecified atom stereocenters. The van der Waals surface area contributed by atoms with Gasteiger partial charge in [-0.2, -0.15) is 5.26 Å². The molecule has 9 heteroatoms. The number of pyridine rings is 1. The zero-order chi connectivity index (χ0) is 20.4. The highest BCUT2D eigenvalue weighted by atomic mass is 16.5. The van der Waals surface area contributed by atoms with Crippen LogP contribution in [0, 0.1) is 11.3 Å². The summed E-state index contributed by atoms with van der Waals surface area (Å²) in [6.07, 6.45) is 0.241. The van der Waals surface area contributed by atoms with Gasteiger partial charge in [0, 0.05) is 29.2 Å². The number of fused-ring (bicyclic) bond motifs is 2. The molecule has 144 valence electrons. The highest BCUT2D eigenvalue weighted by molar-refractivity contribution is 6.06. The molecule has 28 heavy (non-hydrogen) atoms. The third kappa shape index (κ3) is 3.05. The number of nitrogens with two attached hydrogens (primary N) is 2. The fraction of sp³-hybridized carbons (Fsp3) is 0.263. The van der Waals surface area contributed by atoms with Gasteiger partial charge in [-0.15, -0.1) is 0 Å². The van der Waals surface area contributed by atoms with Gasteiger partial charge in [0.1, 0.15) is 17.5 Å². The van der Waals surface area contributed by atoms with Crippen LogP contribution in [-0.2, 0) is 6.42 Å². The van der Waals surface area contributed by atoms with E-state index < -0.39 is 11.6 Å². The zero-order valence-electron chi connectivity index (χ0n) is 15.4. The normalized spacial score (nSPS) is 11.5. The first-order valence-electron chi connectivity index (χ1n) is 8.35. The monoisotopic (exact) mass is 382 g/mol. The molecular formula is C19H18N4O5. The predicted molar refractivity (Wildman–Crippen MR) is 98.1 cm³/mol. The molecule has 2 heterocycles. The second kappa shape index (κ2) is 7.64. The molecule has 3 rings (SSSR count). The number of ketones is 2. The average Bonchev–Trinajstić information content (AvgIpc) is 2.73. The summed E-state index contributed by atoms with van der Waals surface area (Å²) in [5.41, 5.74) is 11.7. The Labute approximate surface area is 160 Å². The maximum absolute atomic E-state index is 12.5. The Morgan fingerprint density at radius 3 is 2.39 bits per heavy atom. The largest absolute Gasteiger partial charge is 0.493 e. The molecule has 1 aliphatic heterocycles. The fourth-order valence-electron chi connectivity index (χ4n) is 3.10. The van der Waals surface area contributed by atoms with Crippen LogP contribution < -0.4 is 25.7 Å². The molecule has 2 aromatic rings. The van der Waals surface area contributed by atoms with Crippen molar-refractivity contribution in [3.05, 3.63) is 40.1 Å². The molecule has 0 saturated carbocycles. The Bertz CT molecular complexity index is 1030. The summed E-state index contributed by atoms with van der Waals surface area (Å²) in [5.74, 6) is 0.381. The van der Waals surface area contributed by atoms with Gasteiger partial charge in [0.2, 0.25) is 5.88 Å². The predicted octanol–water partition coefficient (Wildman–Crippen LogP) is 0.950. The van der Waals surface area contributed by atoms with Crippen molar-refractivity contribution in [2.45, 2.75) is 6.42 Å². The number of ether oxygens (including phenoxy) is 3. The van der Waals surface area contributed by atoms with E-state index >= 15 is 0 Å². The summed E-state index contributed by atoms with van der Waals surface area (Å²) < 4.78 is 16.4. The van der Waals surface area contributed by atoms with Crippen LogP contribution in [0.4, 0.5) is 0 Å². The van der Waals surface area contributed by atoms with E-state index in [0.717, 1.165) is 0 Å². The van der Waals surface area contributed by atoms with Gasteiger partial charge in [-0.3, -0.25) is 9.59 Å². The van der Waals surface area contributed by atoms with Gasteiger partial charge in [0.05, 0.1) is 32.9 Å². The molecule has 0 atom stereocenters. The molecule has 0 radical (unpaired) electrons. The van der Waals surface area contributed by atoms with Crippen LogP contribution in [0.1, 0.15) is 37.5 Å². The SMILES string of the molecule is COc1cc2c(cc1OC)Oc1nc(C(=O)CN)c(C#N)c(C(=O)CN)c1C2. The Kier molecular flexibility index (Phi) is 5.26. The summed E-state index contributed by atoms with van der Waals surface area (Å²) in [6, 6.07) is 5.25. The number of hydrogen-bond acceptors (Lipinski definition) is 9. The van der Waals surface area contributed by atoms with Gasteiger partial charge in [0.15, 0.2) is 23.1 Å². The van der Waals surface area contributed by atoms with Gasteiger partial charge >= 0.3 is 0 Å². The van der Waals surface area contributed by atoms with E-state index in [1.54, 1.807) is 12.1 Å². The molecule has 9 nitrogen and oxygen atoms in total. The summed E-state index contributed by atoms with van der Waals surface area (Å²) in [7, 11) is 3.00. The second-order valence-corrected chi connectivity index (χ2v) is 5.95. The molecule has 1 aromatic heterocycles. The lowest BCUT2D eigenvalue weighted by molar-refractivity contribution is 0.0995. The minimum absolute atomic E-state index is 0.0345. The van der Waals surface area contributed by atoms with Crippen LogP contribution in [0.2, 0.25) is 0 Å².